The Hall–Kier alpha value is -5.05. The molecule has 1 aliphatic rings. The summed E-state index contributed by atoms with van der Waals surface area (Å²) in [5.41, 5.74) is 5.63. The maximum atomic E-state index is 12.9. The van der Waals surface area contributed by atoms with E-state index in [1.165, 1.54) is 0 Å². The van der Waals surface area contributed by atoms with Crippen LogP contribution in [-0.2, 0) is 17.3 Å². The van der Waals surface area contributed by atoms with Crippen LogP contribution in [0.2, 0.25) is 0 Å². The van der Waals surface area contributed by atoms with Crippen LogP contribution in [0.3, 0.4) is 0 Å². The number of hydrogen-bond acceptors (Lipinski definition) is 5. The van der Waals surface area contributed by atoms with Crippen molar-refractivity contribution in [1.29, 1.82) is 0 Å². The lowest BCUT2D eigenvalue weighted by Gasteiger charge is -2.32. The molecule has 222 valence electrons. The molecule has 0 radical (unpaired) electrons. The molecule has 0 atom stereocenters. The molecule has 0 bridgehead atoms. The monoisotopic (exact) mass is 586 g/mol. The number of imidazole rings is 1. The minimum Gasteiger partial charge on any atom is -0.444 e. The molecule has 1 N–H and O–H groups in total. The second-order valence-corrected chi connectivity index (χ2v) is 12.7. The Kier molecular flexibility index (Phi) is 6.68. The molecule has 1 aliphatic carbocycles. The molecule has 9 heteroatoms. The maximum absolute atomic E-state index is 12.9. The highest BCUT2D eigenvalue weighted by Gasteiger charge is 2.38. The van der Waals surface area contributed by atoms with Crippen molar-refractivity contribution in [3.8, 4) is 28.3 Å². The molecule has 9 nitrogen and oxygen atoms in total. The van der Waals surface area contributed by atoms with Crippen molar-refractivity contribution in [2.24, 2.45) is 7.05 Å². The van der Waals surface area contributed by atoms with E-state index in [1.807, 2.05) is 79.9 Å². The van der Waals surface area contributed by atoms with Crippen LogP contribution < -0.4 is 9.72 Å². The molecule has 4 heterocycles. The van der Waals surface area contributed by atoms with Crippen molar-refractivity contribution in [3.63, 3.8) is 0 Å². The standard InChI is InChI=1S/C35H35N7O2/c1-34(2,3)44-33(43)38-35(17-8-9-18-35)26-12-14-27(15-13-26)42-32-28-20-25(24-10-6-5-7-11-24)21-36-29(28)16-19-41(32)31(39-42)30-22-40(4)23-37-30/h5-7,10-16,19-23H,8-9,17-18H2,1-4H3/p+1. The van der Waals surface area contributed by atoms with Crippen molar-refractivity contribution in [2.45, 2.75) is 57.6 Å². The van der Waals surface area contributed by atoms with Gasteiger partial charge >= 0.3 is 11.9 Å². The van der Waals surface area contributed by atoms with Crippen LogP contribution >= 0.6 is 0 Å². The van der Waals surface area contributed by atoms with Crippen LogP contribution in [0.1, 0.15) is 52.0 Å². The number of ether oxygens (including phenoxy) is 1. The molecule has 4 aromatic heterocycles. The smallest absolute Gasteiger partial charge is 0.408 e. The lowest BCUT2D eigenvalue weighted by atomic mass is 9.88. The lowest BCUT2D eigenvalue weighted by Crippen LogP contribution is -2.46. The van der Waals surface area contributed by atoms with Crippen LogP contribution in [0.25, 0.3) is 44.9 Å². The highest BCUT2D eigenvalue weighted by Crippen LogP contribution is 2.39. The molecular weight excluding hydrogens is 550 g/mol. The van der Waals surface area contributed by atoms with Gasteiger partial charge in [-0.1, -0.05) is 60.0 Å². The number of alkyl carbamates (subject to hydrolysis) is 1. The van der Waals surface area contributed by atoms with E-state index in [0.717, 1.165) is 76.1 Å². The predicted octanol–water partition coefficient (Wildman–Crippen LogP) is 6.52. The molecule has 2 aromatic carbocycles. The Morgan fingerprint density at radius 3 is 2.41 bits per heavy atom. The molecular formula is C35H36N7O2+. The SMILES string of the molecule is Cn1cnc(-c2nn(-c3ccc(C4(NC(=O)OC(C)(C)C)CCCC4)cc3)c3c4cc(-c5ccccc5)cnc4cc[n+]23)c1. The molecule has 1 amide bonds. The summed E-state index contributed by atoms with van der Waals surface area (Å²) in [6, 6.07) is 22.8. The topological polar surface area (TPSA) is 91.0 Å². The number of nitrogens with one attached hydrogen (secondary N) is 1. The van der Waals surface area contributed by atoms with Crippen molar-refractivity contribution in [3.05, 3.63) is 97.2 Å². The van der Waals surface area contributed by atoms with Gasteiger partial charge in [-0.05, 0) is 69.0 Å². The molecule has 1 fully saturated rings. The molecule has 0 saturated heterocycles. The zero-order valence-corrected chi connectivity index (χ0v) is 25.5. The van der Waals surface area contributed by atoms with E-state index in [-0.39, 0.29) is 6.09 Å². The summed E-state index contributed by atoms with van der Waals surface area (Å²) in [6.45, 7) is 5.66. The number of fused-ring (bicyclic) bond motifs is 3. The number of carbonyl (C=O) groups is 1. The van der Waals surface area contributed by atoms with Crippen molar-refractivity contribution >= 4 is 22.6 Å². The van der Waals surface area contributed by atoms with Crippen LogP contribution in [0.5, 0.6) is 0 Å². The van der Waals surface area contributed by atoms with E-state index < -0.39 is 11.1 Å². The van der Waals surface area contributed by atoms with Crippen LogP contribution in [0, 0.1) is 0 Å². The number of hydrogen-bond donors (Lipinski definition) is 1. The molecule has 6 aromatic rings. The van der Waals surface area contributed by atoms with Crippen molar-refractivity contribution in [1.82, 2.24) is 29.6 Å². The average Bonchev–Trinajstić information content (AvgIpc) is 3.75. The van der Waals surface area contributed by atoms with Crippen LogP contribution in [0.15, 0.2) is 91.6 Å². The van der Waals surface area contributed by atoms with E-state index in [9.17, 15) is 4.79 Å². The van der Waals surface area contributed by atoms with E-state index in [4.69, 9.17) is 14.8 Å². The normalized spacial score (nSPS) is 14.7. The van der Waals surface area contributed by atoms with Crippen molar-refractivity contribution < 1.29 is 13.9 Å². The second kappa shape index (κ2) is 10.6. The van der Waals surface area contributed by atoms with Gasteiger partial charge in [0.25, 0.3) is 5.65 Å². The van der Waals surface area contributed by atoms with Gasteiger partial charge in [-0.25, -0.2) is 9.78 Å². The third kappa shape index (κ3) is 5.08. The molecule has 1 saturated carbocycles. The third-order valence-corrected chi connectivity index (χ3v) is 8.30. The molecule has 0 aliphatic heterocycles. The average molecular weight is 587 g/mol. The highest BCUT2D eigenvalue weighted by atomic mass is 16.6. The fraction of sp³-hybridized carbons (Fsp3) is 0.286. The first-order valence-electron chi connectivity index (χ1n) is 15.1. The lowest BCUT2D eigenvalue weighted by molar-refractivity contribution is -0.498. The number of aryl methyl sites for hydroxylation is 1. The fourth-order valence-corrected chi connectivity index (χ4v) is 6.27. The first-order valence-corrected chi connectivity index (χ1v) is 15.1. The van der Waals surface area contributed by atoms with Crippen molar-refractivity contribution in [2.75, 3.05) is 0 Å². The summed E-state index contributed by atoms with van der Waals surface area (Å²) in [4.78, 5) is 22.3. The van der Waals surface area contributed by atoms with Gasteiger partial charge in [0, 0.05) is 25.0 Å². The quantitative estimate of drug-likeness (QED) is 0.232. The van der Waals surface area contributed by atoms with Gasteiger partial charge in [-0.2, -0.15) is 4.40 Å². The Morgan fingerprint density at radius 2 is 1.73 bits per heavy atom. The van der Waals surface area contributed by atoms with Gasteiger partial charge in [-0.15, -0.1) is 0 Å². The number of rotatable bonds is 5. The Morgan fingerprint density at radius 1 is 0.977 bits per heavy atom. The molecule has 0 unspecified atom stereocenters. The zero-order valence-electron chi connectivity index (χ0n) is 25.5. The minimum atomic E-state index is -0.560. The summed E-state index contributed by atoms with van der Waals surface area (Å²) in [6.07, 6.45) is 11.1. The zero-order chi connectivity index (χ0) is 30.5. The summed E-state index contributed by atoms with van der Waals surface area (Å²) in [5.74, 6) is 0.732. The summed E-state index contributed by atoms with van der Waals surface area (Å²) < 4.78 is 11.6. The maximum Gasteiger partial charge on any atom is 0.408 e. The Bertz CT molecular complexity index is 1980. The van der Waals surface area contributed by atoms with Gasteiger partial charge in [0.1, 0.15) is 11.3 Å². The van der Waals surface area contributed by atoms with Crippen LogP contribution in [-0.4, -0.2) is 36.0 Å². The second-order valence-electron chi connectivity index (χ2n) is 12.7. The van der Waals surface area contributed by atoms with Gasteiger partial charge in [-0.3, -0.25) is 4.98 Å². The van der Waals surface area contributed by atoms with Gasteiger partial charge < -0.3 is 14.6 Å². The number of nitrogens with zero attached hydrogens (tertiary/aromatic N) is 6. The first kappa shape index (κ1) is 27.8. The summed E-state index contributed by atoms with van der Waals surface area (Å²) in [5, 5.41) is 9.31. The van der Waals surface area contributed by atoms with Gasteiger partial charge in [0.15, 0.2) is 5.69 Å². The predicted molar refractivity (Wildman–Crippen MR) is 169 cm³/mol. The first-order chi connectivity index (χ1) is 21.2. The van der Waals surface area contributed by atoms with E-state index in [2.05, 4.69) is 57.2 Å². The molecule has 44 heavy (non-hydrogen) atoms. The Labute approximate surface area is 256 Å². The molecule has 7 rings (SSSR count). The van der Waals surface area contributed by atoms with E-state index in [0.29, 0.717) is 0 Å². The third-order valence-electron chi connectivity index (χ3n) is 8.30. The van der Waals surface area contributed by atoms with Gasteiger partial charge in [0.2, 0.25) is 0 Å². The minimum absolute atomic E-state index is 0.383. The van der Waals surface area contributed by atoms with E-state index >= 15 is 0 Å². The van der Waals surface area contributed by atoms with E-state index in [1.54, 1.807) is 6.33 Å². The number of amides is 1. The number of pyridine rings is 2. The summed E-state index contributed by atoms with van der Waals surface area (Å²) in [7, 11) is 1.95. The Balaban J connectivity index is 1.36. The fourth-order valence-electron chi connectivity index (χ4n) is 6.27. The van der Waals surface area contributed by atoms with Gasteiger partial charge in [0.05, 0.1) is 34.1 Å². The number of carbonyl (C=O) groups excluding carboxylic acids is 1. The molecule has 0 spiro atoms. The highest BCUT2D eigenvalue weighted by molar-refractivity contribution is 5.93. The number of aromatic nitrogens is 6. The largest absolute Gasteiger partial charge is 0.444 e. The number of benzene rings is 2. The summed E-state index contributed by atoms with van der Waals surface area (Å²) >= 11 is 0. The van der Waals surface area contributed by atoms with Crippen LogP contribution in [0.4, 0.5) is 4.79 Å².